The Balaban J connectivity index is 2.03. The molecule has 0 saturated heterocycles. The van der Waals surface area contributed by atoms with Crippen molar-refractivity contribution >= 4 is 11.5 Å². The summed E-state index contributed by atoms with van der Waals surface area (Å²) in [5.41, 5.74) is 9.17. The van der Waals surface area contributed by atoms with Gasteiger partial charge in [0.05, 0.1) is 0 Å². The van der Waals surface area contributed by atoms with E-state index in [1.165, 1.54) is 5.56 Å². The van der Waals surface area contributed by atoms with Crippen molar-refractivity contribution in [2.24, 2.45) is 0 Å². The van der Waals surface area contributed by atoms with Crippen LogP contribution in [0.4, 0.5) is 11.5 Å². The average molecular weight is 255 g/mol. The molecule has 0 amide bonds. The van der Waals surface area contributed by atoms with Crippen molar-refractivity contribution in [3.63, 3.8) is 0 Å². The first-order valence-corrected chi connectivity index (χ1v) is 6.50. The number of para-hydroxylation sites is 1. The van der Waals surface area contributed by atoms with Crippen molar-refractivity contribution in [3.05, 3.63) is 53.7 Å². The maximum atomic E-state index is 5.91. The molecule has 0 radical (unpaired) electrons. The van der Waals surface area contributed by atoms with Crippen LogP contribution in [0.25, 0.3) is 0 Å². The lowest BCUT2D eigenvalue weighted by molar-refractivity contribution is 0.587. The maximum absolute atomic E-state index is 5.91. The monoisotopic (exact) mass is 255 g/mol. The van der Waals surface area contributed by atoms with E-state index in [-0.39, 0.29) is 5.41 Å². The standard InChI is InChI=1S/C16H21N3/c1-16(2,3)13-8-9-15(19-11-13)18-10-12-6-4-5-7-14(12)17/h4-9,11H,10,17H2,1-3H3,(H,18,19). The second-order valence-corrected chi connectivity index (χ2v) is 5.73. The SMILES string of the molecule is CC(C)(C)c1ccc(NCc2ccccc2N)nc1. The molecule has 3 N–H and O–H groups in total. The molecular weight excluding hydrogens is 234 g/mol. The van der Waals surface area contributed by atoms with Crippen LogP contribution in [0, 0.1) is 0 Å². The maximum Gasteiger partial charge on any atom is 0.126 e. The van der Waals surface area contributed by atoms with Crippen LogP contribution in [0.15, 0.2) is 42.6 Å². The first kappa shape index (κ1) is 13.4. The molecule has 0 saturated carbocycles. The zero-order valence-corrected chi connectivity index (χ0v) is 11.8. The van der Waals surface area contributed by atoms with Gasteiger partial charge in [0.15, 0.2) is 0 Å². The molecule has 0 fully saturated rings. The van der Waals surface area contributed by atoms with E-state index >= 15 is 0 Å². The van der Waals surface area contributed by atoms with Gasteiger partial charge in [0.1, 0.15) is 5.82 Å². The van der Waals surface area contributed by atoms with Gasteiger partial charge in [-0.1, -0.05) is 45.0 Å². The highest BCUT2D eigenvalue weighted by molar-refractivity contribution is 5.48. The van der Waals surface area contributed by atoms with E-state index in [9.17, 15) is 0 Å². The van der Waals surface area contributed by atoms with E-state index in [2.05, 4.69) is 37.1 Å². The van der Waals surface area contributed by atoms with E-state index in [4.69, 9.17) is 5.73 Å². The molecule has 0 spiro atoms. The summed E-state index contributed by atoms with van der Waals surface area (Å²) >= 11 is 0. The van der Waals surface area contributed by atoms with Crippen LogP contribution in [0.3, 0.4) is 0 Å². The topological polar surface area (TPSA) is 50.9 Å². The molecule has 3 nitrogen and oxygen atoms in total. The number of rotatable bonds is 3. The Morgan fingerprint density at radius 1 is 1.11 bits per heavy atom. The van der Waals surface area contributed by atoms with Crippen molar-refractivity contribution in [3.8, 4) is 0 Å². The quantitative estimate of drug-likeness (QED) is 0.824. The lowest BCUT2D eigenvalue weighted by Gasteiger charge is -2.18. The molecule has 1 heterocycles. The van der Waals surface area contributed by atoms with Gasteiger partial charge in [0.2, 0.25) is 0 Å². The third-order valence-electron chi connectivity index (χ3n) is 3.14. The Kier molecular flexibility index (Phi) is 3.74. The van der Waals surface area contributed by atoms with Gasteiger partial charge in [0.25, 0.3) is 0 Å². The first-order chi connectivity index (χ1) is 8.97. The summed E-state index contributed by atoms with van der Waals surface area (Å²) in [5.74, 6) is 0.872. The summed E-state index contributed by atoms with van der Waals surface area (Å²) in [6, 6.07) is 12.0. The van der Waals surface area contributed by atoms with Crippen LogP contribution in [0.1, 0.15) is 31.9 Å². The van der Waals surface area contributed by atoms with Crippen molar-refractivity contribution in [2.45, 2.75) is 32.7 Å². The Labute approximate surface area is 114 Å². The molecule has 1 aromatic heterocycles. The number of pyridine rings is 1. The van der Waals surface area contributed by atoms with E-state index in [1.54, 1.807) is 0 Å². The van der Waals surface area contributed by atoms with Gasteiger partial charge in [-0.05, 0) is 28.7 Å². The zero-order chi connectivity index (χ0) is 13.9. The molecule has 3 heteroatoms. The fourth-order valence-electron chi connectivity index (χ4n) is 1.82. The highest BCUT2D eigenvalue weighted by Crippen LogP contribution is 2.22. The fourth-order valence-corrected chi connectivity index (χ4v) is 1.82. The number of nitrogen functional groups attached to an aromatic ring is 1. The number of nitrogens with zero attached hydrogens (tertiary/aromatic N) is 1. The van der Waals surface area contributed by atoms with Gasteiger partial charge in [-0.25, -0.2) is 4.98 Å². The van der Waals surface area contributed by atoms with Gasteiger partial charge >= 0.3 is 0 Å². The molecule has 19 heavy (non-hydrogen) atoms. The van der Waals surface area contributed by atoms with Crippen molar-refractivity contribution in [1.29, 1.82) is 0 Å². The fraction of sp³-hybridized carbons (Fsp3) is 0.312. The highest BCUT2D eigenvalue weighted by atomic mass is 15.0. The second kappa shape index (κ2) is 5.31. The molecule has 1 aromatic carbocycles. The van der Waals surface area contributed by atoms with Gasteiger partial charge in [0, 0.05) is 18.4 Å². The summed E-state index contributed by atoms with van der Waals surface area (Å²) in [5, 5.41) is 3.29. The number of hydrogen-bond donors (Lipinski definition) is 2. The number of hydrogen-bond acceptors (Lipinski definition) is 3. The second-order valence-electron chi connectivity index (χ2n) is 5.73. The minimum Gasteiger partial charge on any atom is -0.398 e. The molecule has 0 aliphatic rings. The smallest absolute Gasteiger partial charge is 0.126 e. The predicted molar refractivity (Wildman–Crippen MR) is 81.1 cm³/mol. The van der Waals surface area contributed by atoms with E-state index in [1.807, 2.05) is 36.5 Å². The number of nitrogens with one attached hydrogen (secondary N) is 1. The minimum atomic E-state index is 0.134. The number of aromatic nitrogens is 1. The third-order valence-corrected chi connectivity index (χ3v) is 3.14. The normalized spacial score (nSPS) is 11.3. The van der Waals surface area contributed by atoms with Crippen molar-refractivity contribution in [1.82, 2.24) is 4.98 Å². The number of nitrogens with two attached hydrogens (primary N) is 1. The highest BCUT2D eigenvalue weighted by Gasteiger charge is 2.13. The zero-order valence-electron chi connectivity index (χ0n) is 11.8. The van der Waals surface area contributed by atoms with Crippen LogP contribution in [-0.4, -0.2) is 4.98 Å². The van der Waals surface area contributed by atoms with Crippen molar-refractivity contribution in [2.75, 3.05) is 11.1 Å². The van der Waals surface area contributed by atoms with E-state index in [0.29, 0.717) is 6.54 Å². The molecule has 2 rings (SSSR count). The molecule has 0 aliphatic carbocycles. The summed E-state index contributed by atoms with van der Waals surface area (Å²) in [7, 11) is 0. The van der Waals surface area contributed by atoms with Gasteiger partial charge in [-0.15, -0.1) is 0 Å². The van der Waals surface area contributed by atoms with Gasteiger partial charge < -0.3 is 11.1 Å². The minimum absolute atomic E-state index is 0.134. The van der Waals surface area contributed by atoms with Gasteiger partial charge in [-0.2, -0.15) is 0 Å². The van der Waals surface area contributed by atoms with Crippen LogP contribution in [0.2, 0.25) is 0 Å². The predicted octanol–water partition coefficient (Wildman–Crippen LogP) is 3.57. The Morgan fingerprint density at radius 3 is 2.42 bits per heavy atom. The lowest BCUT2D eigenvalue weighted by Crippen LogP contribution is -2.12. The Morgan fingerprint density at radius 2 is 1.84 bits per heavy atom. The largest absolute Gasteiger partial charge is 0.398 e. The molecule has 100 valence electrons. The molecule has 0 bridgehead atoms. The summed E-state index contributed by atoms with van der Waals surface area (Å²) in [6.45, 7) is 7.24. The van der Waals surface area contributed by atoms with Gasteiger partial charge in [-0.3, -0.25) is 0 Å². The van der Waals surface area contributed by atoms with Crippen LogP contribution in [-0.2, 0) is 12.0 Å². The number of anilines is 2. The lowest BCUT2D eigenvalue weighted by atomic mass is 9.88. The number of benzene rings is 1. The van der Waals surface area contributed by atoms with Crippen molar-refractivity contribution < 1.29 is 0 Å². The van der Waals surface area contributed by atoms with Crippen LogP contribution in [0.5, 0.6) is 0 Å². The van der Waals surface area contributed by atoms with E-state index < -0.39 is 0 Å². The Bertz CT molecular complexity index is 539. The molecule has 0 unspecified atom stereocenters. The molecule has 0 atom stereocenters. The summed E-state index contributed by atoms with van der Waals surface area (Å²) in [4.78, 5) is 4.44. The average Bonchev–Trinajstić information content (AvgIpc) is 2.37. The molecule has 2 aromatic rings. The first-order valence-electron chi connectivity index (χ1n) is 6.50. The van der Waals surface area contributed by atoms with Crippen LogP contribution < -0.4 is 11.1 Å². The molecular formula is C16H21N3. The molecule has 0 aliphatic heterocycles. The summed E-state index contributed by atoms with van der Waals surface area (Å²) < 4.78 is 0. The van der Waals surface area contributed by atoms with E-state index in [0.717, 1.165) is 17.1 Å². The summed E-state index contributed by atoms with van der Waals surface area (Å²) in [6.07, 6.45) is 1.93. The third kappa shape index (κ3) is 3.47. The Hall–Kier alpha value is -2.03. The van der Waals surface area contributed by atoms with Crippen LogP contribution >= 0.6 is 0 Å².